The smallest absolute Gasteiger partial charge is 0.252 e. The van der Waals surface area contributed by atoms with Crippen molar-refractivity contribution in [3.8, 4) is 0 Å². The standard InChI is InChI=1S/C15H22N4O3/c1-2-17-13(20)11-3-4-12(18-9-11)19-10-15(14(16)21)5-7-22-8-6-15/h3-4,9H,2,5-8,10H2,1H3,(H2,16,21)(H,17,20)(H,18,19). The van der Waals surface area contributed by atoms with E-state index in [0.29, 0.717) is 50.5 Å². The van der Waals surface area contributed by atoms with Crippen molar-refractivity contribution in [2.24, 2.45) is 11.1 Å². The lowest BCUT2D eigenvalue weighted by Gasteiger charge is -2.34. The van der Waals surface area contributed by atoms with Crippen LogP contribution in [0.15, 0.2) is 18.3 Å². The number of nitrogens with two attached hydrogens (primary N) is 1. The van der Waals surface area contributed by atoms with Gasteiger partial charge in [-0.15, -0.1) is 0 Å². The molecule has 0 aromatic carbocycles. The highest BCUT2D eigenvalue weighted by Gasteiger charge is 2.38. The molecule has 120 valence electrons. The van der Waals surface area contributed by atoms with Crippen LogP contribution in [0.3, 0.4) is 0 Å². The van der Waals surface area contributed by atoms with Crippen molar-refractivity contribution in [1.29, 1.82) is 0 Å². The van der Waals surface area contributed by atoms with Crippen LogP contribution >= 0.6 is 0 Å². The Morgan fingerprint density at radius 2 is 2.09 bits per heavy atom. The second-order valence-corrected chi connectivity index (χ2v) is 5.40. The maximum Gasteiger partial charge on any atom is 0.252 e. The molecule has 0 spiro atoms. The summed E-state index contributed by atoms with van der Waals surface area (Å²) in [7, 11) is 0. The van der Waals surface area contributed by atoms with E-state index in [1.165, 1.54) is 6.20 Å². The van der Waals surface area contributed by atoms with E-state index in [0.717, 1.165) is 0 Å². The third-order valence-electron chi connectivity index (χ3n) is 3.94. The van der Waals surface area contributed by atoms with E-state index in [4.69, 9.17) is 10.5 Å². The SMILES string of the molecule is CCNC(=O)c1ccc(NCC2(C(N)=O)CCOCC2)nc1. The van der Waals surface area contributed by atoms with Crippen LogP contribution < -0.4 is 16.4 Å². The number of pyridine rings is 1. The number of hydrogen-bond donors (Lipinski definition) is 3. The number of nitrogens with zero attached hydrogens (tertiary/aromatic N) is 1. The fraction of sp³-hybridized carbons (Fsp3) is 0.533. The monoisotopic (exact) mass is 306 g/mol. The number of anilines is 1. The first-order valence-corrected chi connectivity index (χ1v) is 7.43. The zero-order valence-corrected chi connectivity index (χ0v) is 12.7. The lowest BCUT2D eigenvalue weighted by atomic mass is 9.79. The van der Waals surface area contributed by atoms with Crippen LogP contribution in [0.25, 0.3) is 0 Å². The molecule has 2 heterocycles. The van der Waals surface area contributed by atoms with Gasteiger partial charge in [0.1, 0.15) is 5.82 Å². The average Bonchev–Trinajstić information content (AvgIpc) is 2.54. The van der Waals surface area contributed by atoms with Crippen LogP contribution in [-0.4, -0.2) is 43.1 Å². The van der Waals surface area contributed by atoms with Gasteiger partial charge in [0.15, 0.2) is 0 Å². The van der Waals surface area contributed by atoms with Gasteiger partial charge < -0.3 is 21.1 Å². The molecule has 4 N–H and O–H groups in total. The van der Waals surface area contributed by atoms with E-state index in [-0.39, 0.29) is 11.8 Å². The lowest BCUT2D eigenvalue weighted by Crippen LogP contribution is -2.46. The van der Waals surface area contributed by atoms with Gasteiger partial charge in [0.25, 0.3) is 5.91 Å². The van der Waals surface area contributed by atoms with Crippen LogP contribution in [-0.2, 0) is 9.53 Å². The molecule has 0 radical (unpaired) electrons. The van der Waals surface area contributed by atoms with Crippen molar-refractivity contribution in [1.82, 2.24) is 10.3 Å². The number of primary amides is 1. The quantitative estimate of drug-likeness (QED) is 0.710. The summed E-state index contributed by atoms with van der Waals surface area (Å²) in [4.78, 5) is 27.6. The van der Waals surface area contributed by atoms with Gasteiger partial charge in [0.2, 0.25) is 5.91 Å². The summed E-state index contributed by atoms with van der Waals surface area (Å²) in [6, 6.07) is 3.42. The molecule has 1 aliphatic heterocycles. The maximum absolute atomic E-state index is 11.8. The number of amides is 2. The van der Waals surface area contributed by atoms with Gasteiger partial charge in [-0.1, -0.05) is 0 Å². The molecule has 1 aromatic rings. The minimum atomic E-state index is -0.599. The van der Waals surface area contributed by atoms with Crippen molar-refractivity contribution in [2.45, 2.75) is 19.8 Å². The Kier molecular flexibility index (Phi) is 5.32. The Bertz CT molecular complexity index is 524. The first-order chi connectivity index (χ1) is 10.6. The number of carbonyl (C=O) groups excluding carboxylic acids is 2. The van der Waals surface area contributed by atoms with Crippen LogP contribution in [0.1, 0.15) is 30.1 Å². The first-order valence-electron chi connectivity index (χ1n) is 7.43. The number of hydrogen-bond acceptors (Lipinski definition) is 5. The molecular weight excluding hydrogens is 284 g/mol. The number of nitrogens with one attached hydrogen (secondary N) is 2. The Balaban J connectivity index is 1.98. The predicted octanol–water partition coefficient (Wildman–Crippen LogP) is 0.525. The molecule has 2 rings (SSSR count). The van der Waals surface area contributed by atoms with Crippen LogP contribution in [0.4, 0.5) is 5.82 Å². The topological polar surface area (TPSA) is 106 Å². The highest BCUT2D eigenvalue weighted by molar-refractivity contribution is 5.94. The fourth-order valence-electron chi connectivity index (χ4n) is 2.43. The van der Waals surface area contributed by atoms with E-state index >= 15 is 0 Å². The molecule has 0 bridgehead atoms. The van der Waals surface area contributed by atoms with Crippen LogP contribution in [0.5, 0.6) is 0 Å². The van der Waals surface area contributed by atoms with Gasteiger partial charge in [0, 0.05) is 32.5 Å². The Morgan fingerprint density at radius 3 is 2.64 bits per heavy atom. The molecule has 1 aliphatic rings. The summed E-state index contributed by atoms with van der Waals surface area (Å²) in [5.74, 6) is 0.141. The average molecular weight is 306 g/mol. The van der Waals surface area contributed by atoms with Crippen molar-refractivity contribution in [3.05, 3.63) is 23.9 Å². The highest BCUT2D eigenvalue weighted by atomic mass is 16.5. The second-order valence-electron chi connectivity index (χ2n) is 5.40. The summed E-state index contributed by atoms with van der Waals surface area (Å²) < 4.78 is 5.30. The summed E-state index contributed by atoms with van der Waals surface area (Å²) in [6.07, 6.45) is 2.72. The summed E-state index contributed by atoms with van der Waals surface area (Å²) in [5, 5.41) is 5.85. The van der Waals surface area contributed by atoms with E-state index in [9.17, 15) is 9.59 Å². The summed E-state index contributed by atoms with van der Waals surface area (Å²) >= 11 is 0. The van der Waals surface area contributed by atoms with E-state index < -0.39 is 5.41 Å². The summed E-state index contributed by atoms with van der Waals surface area (Å²) in [6.45, 7) is 3.92. The van der Waals surface area contributed by atoms with Gasteiger partial charge in [-0.25, -0.2) is 4.98 Å². The van der Waals surface area contributed by atoms with Crippen LogP contribution in [0.2, 0.25) is 0 Å². The Hall–Kier alpha value is -2.15. The largest absolute Gasteiger partial charge is 0.381 e. The maximum atomic E-state index is 11.8. The molecule has 7 heteroatoms. The van der Waals surface area contributed by atoms with Gasteiger partial charge in [-0.3, -0.25) is 9.59 Å². The second kappa shape index (κ2) is 7.22. The minimum Gasteiger partial charge on any atom is -0.381 e. The third kappa shape index (κ3) is 3.73. The van der Waals surface area contributed by atoms with Gasteiger partial charge in [0.05, 0.1) is 11.0 Å². The number of aromatic nitrogens is 1. The normalized spacial score (nSPS) is 16.8. The zero-order valence-electron chi connectivity index (χ0n) is 12.7. The predicted molar refractivity (Wildman–Crippen MR) is 82.4 cm³/mol. The highest BCUT2D eigenvalue weighted by Crippen LogP contribution is 2.30. The van der Waals surface area contributed by atoms with Crippen molar-refractivity contribution < 1.29 is 14.3 Å². The Labute approximate surface area is 129 Å². The molecule has 0 unspecified atom stereocenters. The molecule has 2 amide bonds. The van der Waals surface area contributed by atoms with E-state index in [2.05, 4.69) is 15.6 Å². The van der Waals surface area contributed by atoms with Crippen LogP contribution in [0, 0.1) is 5.41 Å². The lowest BCUT2D eigenvalue weighted by molar-refractivity contribution is -0.132. The molecule has 1 fully saturated rings. The number of ether oxygens (including phenoxy) is 1. The van der Waals surface area contributed by atoms with Crippen molar-refractivity contribution in [3.63, 3.8) is 0 Å². The zero-order chi connectivity index (χ0) is 16.0. The third-order valence-corrected chi connectivity index (χ3v) is 3.94. The van der Waals surface area contributed by atoms with Crippen molar-refractivity contribution in [2.75, 3.05) is 31.6 Å². The molecule has 0 aliphatic carbocycles. The molecular formula is C15H22N4O3. The van der Waals surface area contributed by atoms with Crippen molar-refractivity contribution >= 4 is 17.6 Å². The number of carbonyl (C=O) groups is 2. The Morgan fingerprint density at radius 1 is 1.36 bits per heavy atom. The number of rotatable bonds is 6. The minimum absolute atomic E-state index is 0.153. The molecule has 22 heavy (non-hydrogen) atoms. The molecule has 1 aromatic heterocycles. The van der Waals surface area contributed by atoms with Gasteiger partial charge in [-0.2, -0.15) is 0 Å². The fourth-order valence-corrected chi connectivity index (χ4v) is 2.43. The molecule has 0 saturated carbocycles. The summed E-state index contributed by atoms with van der Waals surface area (Å²) in [5.41, 5.74) is 5.46. The van der Waals surface area contributed by atoms with E-state index in [1.807, 2.05) is 6.92 Å². The van der Waals surface area contributed by atoms with E-state index in [1.54, 1.807) is 12.1 Å². The first kappa shape index (κ1) is 16.2. The van der Waals surface area contributed by atoms with Gasteiger partial charge >= 0.3 is 0 Å². The molecule has 1 saturated heterocycles. The molecule has 7 nitrogen and oxygen atoms in total. The van der Waals surface area contributed by atoms with Gasteiger partial charge in [-0.05, 0) is 31.9 Å². The molecule has 0 atom stereocenters.